The topological polar surface area (TPSA) is 64.3 Å². The second-order valence-electron chi connectivity index (χ2n) is 6.84. The van der Waals surface area contributed by atoms with Crippen LogP contribution in [0.2, 0.25) is 0 Å². The molecule has 0 aliphatic carbocycles. The lowest BCUT2D eigenvalue weighted by molar-refractivity contribution is 0.0921. The standard InChI is InChI=1S/C21H24N4O2/c1-4-16-13-26-10-8-25(16)21-23-12-19(17-5-7-22-11-14(17)2)20(24-21)18-6-9-27-15(18)3/h5-7,9,11-12,16H,4,8,10,13H2,1-3H3. The Morgan fingerprint density at radius 1 is 1.15 bits per heavy atom. The molecule has 0 aromatic carbocycles. The van der Waals surface area contributed by atoms with Crippen LogP contribution in [0.3, 0.4) is 0 Å². The smallest absolute Gasteiger partial charge is 0.226 e. The number of hydrogen-bond acceptors (Lipinski definition) is 6. The zero-order valence-electron chi connectivity index (χ0n) is 16.0. The van der Waals surface area contributed by atoms with Crippen LogP contribution in [0.4, 0.5) is 5.95 Å². The molecule has 0 N–H and O–H groups in total. The first-order valence-electron chi connectivity index (χ1n) is 9.36. The van der Waals surface area contributed by atoms with Crippen LogP contribution in [0.1, 0.15) is 24.7 Å². The average molecular weight is 364 g/mol. The predicted molar refractivity (Wildman–Crippen MR) is 105 cm³/mol. The van der Waals surface area contributed by atoms with Gasteiger partial charge in [0.05, 0.1) is 31.2 Å². The highest BCUT2D eigenvalue weighted by molar-refractivity contribution is 5.82. The molecule has 3 aromatic heterocycles. The quantitative estimate of drug-likeness (QED) is 0.696. The van der Waals surface area contributed by atoms with Gasteiger partial charge < -0.3 is 14.1 Å². The zero-order valence-corrected chi connectivity index (χ0v) is 16.0. The van der Waals surface area contributed by atoms with Crippen LogP contribution in [-0.4, -0.2) is 40.8 Å². The number of rotatable bonds is 4. The van der Waals surface area contributed by atoms with Crippen LogP contribution in [-0.2, 0) is 4.74 Å². The van der Waals surface area contributed by atoms with Crippen LogP contribution in [0.25, 0.3) is 22.4 Å². The van der Waals surface area contributed by atoms with E-state index in [0.717, 1.165) is 52.6 Å². The average Bonchev–Trinajstić information content (AvgIpc) is 3.14. The van der Waals surface area contributed by atoms with Crippen molar-refractivity contribution in [2.45, 2.75) is 33.2 Å². The molecular formula is C21H24N4O2. The molecule has 0 saturated carbocycles. The van der Waals surface area contributed by atoms with Gasteiger partial charge in [-0.1, -0.05) is 6.92 Å². The second-order valence-corrected chi connectivity index (χ2v) is 6.84. The highest BCUT2D eigenvalue weighted by Crippen LogP contribution is 2.35. The van der Waals surface area contributed by atoms with Gasteiger partial charge in [-0.3, -0.25) is 4.98 Å². The molecule has 4 heterocycles. The van der Waals surface area contributed by atoms with E-state index in [4.69, 9.17) is 19.1 Å². The van der Waals surface area contributed by atoms with E-state index in [0.29, 0.717) is 19.3 Å². The summed E-state index contributed by atoms with van der Waals surface area (Å²) in [6.45, 7) is 8.40. The number of hydrogen-bond donors (Lipinski definition) is 0. The van der Waals surface area contributed by atoms with Crippen LogP contribution >= 0.6 is 0 Å². The van der Waals surface area contributed by atoms with Crippen molar-refractivity contribution in [1.29, 1.82) is 0 Å². The molecule has 1 unspecified atom stereocenters. The van der Waals surface area contributed by atoms with Crippen LogP contribution < -0.4 is 4.90 Å². The number of nitrogens with zero attached hydrogens (tertiary/aromatic N) is 4. The SMILES string of the molecule is CCC1COCCN1c1ncc(-c2ccncc2C)c(-c2ccoc2C)n1. The van der Waals surface area contributed by atoms with E-state index in [1.54, 1.807) is 12.5 Å². The molecule has 6 nitrogen and oxygen atoms in total. The zero-order chi connectivity index (χ0) is 18.8. The van der Waals surface area contributed by atoms with Crippen molar-refractivity contribution in [2.75, 3.05) is 24.7 Å². The number of pyridine rings is 1. The first-order valence-corrected chi connectivity index (χ1v) is 9.36. The fourth-order valence-corrected chi connectivity index (χ4v) is 3.58. The summed E-state index contributed by atoms with van der Waals surface area (Å²) < 4.78 is 11.2. The monoisotopic (exact) mass is 364 g/mol. The summed E-state index contributed by atoms with van der Waals surface area (Å²) in [7, 11) is 0. The minimum atomic E-state index is 0.297. The minimum absolute atomic E-state index is 0.297. The molecule has 1 atom stereocenters. The fraction of sp³-hybridized carbons (Fsp3) is 0.381. The van der Waals surface area contributed by atoms with Gasteiger partial charge in [-0.25, -0.2) is 9.97 Å². The normalized spacial score (nSPS) is 17.3. The van der Waals surface area contributed by atoms with Gasteiger partial charge >= 0.3 is 0 Å². The van der Waals surface area contributed by atoms with E-state index < -0.39 is 0 Å². The first-order chi connectivity index (χ1) is 13.2. The number of aryl methyl sites for hydroxylation is 2. The van der Waals surface area contributed by atoms with Crippen molar-refractivity contribution < 1.29 is 9.15 Å². The summed E-state index contributed by atoms with van der Waals surface area (Å²) in [5.41, 5.74) is 5.05. The molecule has 0 bridgehead atoms. The third-order valence-electron chi connectivity index (χ3n) is 5.16. The Balaban J connectivity index is 1.86. The van der Waals surface area contributed by atoms with Crippen LogP contribution in [0.5, 0.6) is 0 Å². The maximum absolute atomic E-state index is 5.64. The number of aromatic nitrogens is 3. The maximum Gasteiger partial charge on any atom is 0.226 e. The van der Waals surface area contributed by atoms with Crippen LogP contribution in [0.15, 0.2) is 41.4 Å². The number of anilines is 1. The Morgan fingerprint density at radius 2 is 2.04 bits per heavy atom. The molecule has 140 valence electrons. The van der Waals surface area contributed by atoms with Crippen molar-refractivity contribution in [3.05, 3.63) is 48.3 Å². The summed E-state index contributed by atoms with van der Waals surface area (Å²) in [4.78, 5) is 16.2. The molecule has 1 saturated heterocycles. The number of furan rings is 1. The molecule has 0 spiro atoms. The molecule has 6 heteroatoms. The number of morpholine rings is 1. The van der Waals surface area contributed by atoms with E-state index in [1.807, 2.05) is 31.5 Å². The Hall–Kier alpha value is -2.73. The summed E-state index contributed by atoms with van der Waals surface area (Å²) in [6, 6.07) is 4.28. The Bertz CT molecular complexity index is 937. The van der Waals surface area contributed by atoms with Gasteiger partial charge in [0.2, 0.25) is 5.95 Å². The highest BCUT2D eigenvalue weighted by atomic mass is 16.5. The lowest BCUT2D eigenvalue weighted by atomic mass is 9.99. The lowest BCUT2D eigenvalue weighted by Crippen LogP contribution is -2.46. The predicted octanol–water partition coefficient (Wildman–Crippen LogP) is 4.03. The van der Waals surface area contributed by atoms with Gasteiger partial charge in [0.1, 0.15) is 5.76 Å². The molecule has 3 aromatic rings. The largest absolute Gasteiger partial charge is 0.469 e. The van der Waals surface area contributed by atoms with Gasteiger partial charge in [-0.05, 0) is 43.5 Å². The van der Waals surface area contributed by atoms with Crippen LogP contribution in [0, 0.1) is 13.8 Å². The molecule has 1 aliphatic rings. The molecule has 4 rings (SSSR count). The Kier molecular flexibility index (Phi) is 4.90. The van der Waals surface area contributed by atoms with Gasteiger partial charge in [0.25, 0.3) is 0 Å². The molecule has 1 fully saturated rings. The maximum atomic E-state index is 5.64. The third kappa shape index (κ3) is 3.32. The Morgan fingerprint density at radius 3 is 2.78 bits per heavy atom. The van der Waals surface area contributed by atoms with Gasteiger partial charge in [-0.2, -0.15) is 0 Å². The molecule has 0 amide bonds. The first kappa shape index (κ1) is 17.7. The molecular weight excluding hydrogens is 340 g/mol. The Labute approximate surface area is 159 Å². The van der Waals surface area contributed by atoms with E-state index in [9.17, 15) is 0 Å². The van der Waals surface area contributed by atoms with E-state index in [-0.39, 0.29) is 0 Å². The highest BCUT2D eigenvalue weighted by Gasteiger charge is 2.25. The summed E-state index contributed by atoms with van der Waals surface area (Å²) in [5, 5.41) is 0. The van der Waals surface area contributed by atoms with Crippen molar-refractivity contribution in [2.24, 2.45) is 0 Å². The van der Waals surface area contributed by atoms with Crippen molar-refractivity contribution in [3.63, 3.8) is 0 Å². The molecule has 27 heavy (non-hydrogen) atoms. The van der Waals surface area contributed by atoms with Crippen molar-refractivity contribution in [1.82, 2.24) is 15.0 Å². The fourth-order valence-electron chi connectivity index (χ4n) is 3.58. The number of ether oxygens (including phenoxy) is 1. The van der Waals surface area contributed by atoms with Crippen molar-refractivity contribution in [3.8, 4) is 22.4 Å². The molecule has 1 aliphatic heterocycles. The van der Waals surface area contributed by atoms with E-state index in [2.05, 4.69) is 23.7 Å². The second kappa shape index (κ2) is 7.48. The van der Waals surface area contributed by atoms with E-state index >= 15 is 0 Å². The van der Waals surface area contributed by atoms with Gasteiger partial charge in [0, 0.05) is 36.3 Å². The van der Waals surface area contributed by atoms with E-state index in [1.165, 1.54) is 0 Å². The molecule has 0 radical (unpaired) electrons. The minimum Gasteiger partial charge on any atom is -0.469 e. The lowest BCUT2D eigenvalue weighted by Gasteiger charge is -2.35. The summed E-state index contributed by atoms with van der Waals surface area (Å²) in [6.07, 6.45) is 8.30. The van der Waals surface area contributed by atoms with Gasteiger partial charge in [-0.15, -0.1) is 0 Å². The van der Waals surface area contributed by atoms with Gasteiger partial charge in [0.15, 0.2) is 0 Å². The third-order valence-corrected chi connectivity index (χ3v) is 5.16. The summed E-state index contributed by atoms with van der Waals surface area (Å²) in [5.74, 6) is 1.60. The summed E-state index contributed by atoms with van der Waals surface area (Å²) >= 11 is 0. The van der Waals surface area contributed by atoms with Crippen molar-refractivity contribution >= 4 is 5.95 Å².